The average molecular weight is 464 g/mol. The first-order valence-electron chi connectivity index (χ1n) is 11.8. The molecule has 0 unspecified atom stereocenters. The lowest BCUT2D eigenvalue weighted by atomic mass is 9.72. The number of hydrogen-bond acceptors (Lipinski definition) is 5. The first-order valence-corrected chi connectivity index (χ1v) is 11.8. The number of nitrogens with one attached hydrogen (secondary N) is 1. The van der Waals surface area contributed by atoms with Gasteiger partial charge in [0.1, 0.15) is 17.7 Å². The Balaban J connectivity index is 1.68. The molecule has 0 saturated carbocycles. The summed E-state index contributed by atoms with van der Waals surface area (Å²) >= 11 is 0. The Bertz CT molecular complexity index is 1120. The Labute approximate surface area is 198 Å². The van der Waals surface area contributed by atoms with E-state index >= 15 is 0 Å². The summed E-state index contributed by atoms with van der Waals surface area (Å²) in [4.78, 5) is 43.6. The van der Waals surface area contributed by atoms with E-state index in [0.717, 1.165) is 16.8 Å². The lowest BCUT2D eigenvalue weighted by Crippen LogP contribution is -2.48. The number of amides is 3. The van der Waals surface area contributed by atoms with E-state index in [-0.39, 0.29) is 30.7 Å². The van der Waals surface area contributed by atoms with Gasteiger partial charge in [0.05, 0.1) is 25.7 Å². The Kier molecular flexibility index (Phi) is 6.00. The van der Waals surface area contributed by atoms with Crippen LogP contribution in [0.4, 0.5) is 5.69 Å². The van der Waals surface area contributed by atoms with Gasteiger partial charge >= 0.3 is 0 Å². The summed E-state index contributed by atoms with van der Waals surface area (Å²) in [6.45, 7) is 1.63. The van der Waals surface area contributed by atoms with Crippen LogP contribution in [0.2, 0.25) is 0 Å². The summed E-state index contributed by atoms with van der Waals surface area (Å²) in [5.41, 5.74) is 1.48. The standard InChI is InChI=1S/C26H29N3O5/c1-33-15-10-23(31)28-13-11-26-20-8-2-3-9-21(20)29(25(26)32)17-22(30)27-12-5-14-34-19-7-4-6-18(16-19)24(26)28/h2-4,6-9,16,24H,5,10-15,17H2,1H3,(H,27,30)/t24-,26+/m0/s1. The fourth-order valence-electron chi connectivity index (χ4n) is 5.57. The van der Waals surface area contributed by atoms with Crippen LogP contribution in [0.25, 0.3) is 0 Å². The van der Waals surface area contributed by atoms with Gasteiger partial charge in [-0.05, 0) is 42.2 Å². The summed E-state index contributed by atoms with van der Waals surface area (Å²) in [7, 11) is 1.57. The minimum atomic E-state index is -0.970. The van der Waals surface area contributed by atoms with E-state index in [0.29, 0.717) is 44.9 Å². The molecule has 0 aromatic heterocycles. The van der Waals surface area contributed by atoms with Gasteiger partial charge in [0.25, 0.3) is 0 Å². The topological polar surface area (TPSA) is 88.2 Å². The molecule has 34 heavy (non-hydrogen) atoms. The van der Waals surface area contributed by atoms with Gasteiger partial charge in [-0.1, -0.05) is 30.3 Å². The number of methoxy groups -OCH3 is 1. The second-order valence-electron chi connectivity index (χ2n) is 8.99. The van der Waals surface area contributed by atoms with Crippen LogP contribution in [-0.4, -0.2) is 62.6 Å². The minimum Gasteiger partial charge on any atom is -0.494 e. The number of carbonyl (C=O) groups is 3. The van der Waals surface area contributed by atoms with Crippen molar-refractivity contribution in [3.05, 3.63) is 59.7 Å². The van der Waals surface area contributed by atoms with E-state index in [2.05, 4.69) is 5.32 Å². The van der Waals surface area contributed by atoms with Crippen LogP contribution in [0.15, 0.2) is 48.5 Å². The molecule has 0 radical (unpaired) electrons. The number of para-hydroxylation sites is 1. The molecule has 2 aromatic carbocycles. The summed E-state index contributed by atoms with van der Waals surface area (Å²) in [6.07, 6.45) is 1.37. The van der Waals surface area contributed by atoms with Gasteiger partial charge in [-0.3, -0.25) is 14.4 Å². The molecule has 178 valence electrons. The number of anilines is 1. The van der Waals surface area contributed by atoms with Gasteiger partial charge in [-0.25, -0.2) is 0 Å². The van der Waals surface area contributed by atoms with Crippen LogP contribution in [0.5, 0.6) is 5.75 Å². The molecular formula is C26H29N3O5. The average Bonchev–Trinajstić information content (AvgIpc) is 3.35. The van der Waals surface area contributed by atoms with E-state index in [9.17, 15) is 14.4 Å². The summed E-state index contributed by atoms with van der Waals surface area (Å²) in [5, 5.41) is 2.89. The van der Waals surface area contributed by atoms with Crippen molar-refractivity contribution in [2.24, 2.45) is 0 Å². The summed E-state index contributed by atoms with van der Waals surface area (Å²) < 4.78 is 11.1. The zero-order valence-corrected chi connectivity index (χ0v) is 19.3. The SMILES string of the molecule is COCCC(=O)N1CC[C@]23C(=O)N(CC(=O)NCCCOc4cccc(c4)[C@H]12)c1ccccc13. The molecule has 0 aliphatic carbocycles. The van der Waals surface area contributed by atoms with Gasteiger partial charge in [0.15, 0.2) is 0 Å². The number of hydrogen-bond donors (Lipinski definition) is 1. The van der Waals surface area contributed by atoms with Crippen molar-refractivity contribution < 1.29 is 23.9 Å². The molecule has 2 atom stereocenters. The Morgan fingerprint density at radius 1 is 1.21 bits per heavy atom. The number of fused-ring (bicyclic) bond motifs is 6. The zero-order valence-electron chi connectivity index (χ0n) is 19.3. The maximum absolute atomic E-state index is 14.2. The molecule has 8 nitrogen and oxygen atoms in total. The smallest absolute Gasteiger partial charge is 0.240 e. The molecule has 1 N–H and O–H groups in total. The second-order valence-corrected chi connectivity index (χ2v) is 8.99. The fourth-order valence-corrected chi connectivity index (χ4v) is 5.57. The fraction of sp³-hybridized carbons (Fsp3) is 0.423. The first-order chi connectivity index (χ1) is 16.6. The molecule has 1 spiro atoms. The summed E-state index contributed by atoms with van der Waals surface area (Å²) in [5.74, 6) is 0.276. The lowest BCUT2D eigenvalue weighted by Gasteiger charge is -2.35. The normalized spacial score (nSPS) is 24.1. The molecular weight excluding hydrogens is 434 g/mol. The quantitative estimate of drug-likeness (QED) is 0.754. The number of benzene rings is 2. The third-order valence-electron chi connectivity index (χ3n) is 7.06. The van der Waals surface area contributed by atoms with E-state index in [1.165, 1.54) is 0 Å². The number of likely N-dealkylation sites (tertiary alicyclic amines) is 1. The molecule has 5 rings (SSSR count). The lowest BCUT2D eigenvalue weighted by molar-refractivity contribution is -0.135. The number of rotatable bonds is 3. The molecule has 3 heterocycles. The Morgan fingerprint density at radius 3 is 2.91 bits per heavy atom. The molecule has 2 aromatic rings. The van der Waals surface area contributed by atoms with E-state index in [1.807, 2.05) is 53.4 Å². The van der Waals surface area contributed by atoms with Crippen molar-refractivity contribution in [2.45, 2.75) is 30.7 Å². The highest BCUT2D eigenvalue weighted by Gasteiger charge is 2.61. The Hall–Kier alpha value is -3.39. The Morgan fingerprint density at radius 2 is 2.06 bits per heavy atom. The van der Waals surface area contributed by atoms with E-state index in [1.54, 1.807) is 12.0 Å². The number of ether oxygens (including phenoxy) is 2. The van der Waals surface area contributed by atoms with Crippen LogP contribution in [0.3, 0.4) is 0 Å². The van der Waals surface area contributed by atoms with Crippen LogP contribution >= 0.6 is 0 Å². The molecule has 4 bridgehead atoms. The minimum absolute atomic E-state index is 0.0527. The summed E-state index contributed by atoms with van der Waals surface area (Å²) in [6, 6.07) is 14.8. The van der Waals surface area contributed by atoms with Crippen molar-refractivity contribution in [2.75, 3.05) is 44.9 Å². The first kappa shape index (κ1) is 22.4. The van der Waals surface area contributed by atoms with E-state index in [4.69, 9.17) is 9.47 Å². The monoisotopic (exact) mass is 463 g/mol. The number of carbonyl (C=O) groups excluding carboxylic acids is 3. The van der Waals surface area contributed by atoms with Crippen LogP contribution < -0.4 is 15.0 Å². The third kappa shape index (κ3) is 3.62. The van der Waals surface area contributed by atoms with Crippen LogP contribution in [-0.2, 0) is 24.5 Å². The van der Waals surface area contributed by atoms with Crippen molar-refractivity contribution in [1.82, 2.24) is 10.2 Å². The third-order valence-corrected chi connectivity index (χ3v) is 7.06. The van der Waals surface area contributed by atoms with Gasteiger partial charge in [0, 0.05) is 25.9 Å². The molecule has 1 fully saturated rings. The van der Waals surface area contributed by atoms with Crippen LogP contribution in [0, 0.1) is 0 Å². The highest BCUT2D eigenvalue weighted by Crippen LogP contribution is 2.56. The number of nitrogens with zero attached hydrogens (tertiary/aromatic N) is 2. The van der Waals surface area contributed by atoms with Crippen LogP contribution in [0.1, 0.15) is 36.4 Å². The maximum atomic E-state index is 14.2. The largest absolute Gasteiger partial charge is 0.494 e. The molecule has 3 aliphatic heterocycles. The molecule has 3 amide bonds. The van der Waals surface area contributed by atoms with Gasteiger partial charge in [-0.2, -0.15) is 0 Å². The van der Waals surface area contributed by atoms with Crippen molar-refractivity contribution >= 4 is 23.4 Å². The molecule has 8 heteroatoms. The predicted molar refractivity (Wildman–Crippen MR) is 126 cm³/mol. The van der Waals surface area contributed by atoms with Gasteiger partial charge in [0.2, 0.25) is 17.7 Å². The predicted octanol–water partition coefficient (Wildman–Crippen LogP) is 2.18. The highest BCUT2D eigenvalue weighted by molar-refractivity contribution is 6.12. The highest BCUT2D eigenvalue weighted by atomic mass is 16.5. The molecule has 3 aliphatic rings. The van der Waals surface area contributed by atoms with Crippen molar-refractivity contribution in [1.29, 1.82) is 0 Å². The molecule has 1 saturated heterocycles. The van der Waals surface area contributed by atoms with Gasteiger partial charge < -0.3 is 24.6 Å². The maximum Gasteiger partial charge on any atom is 0.240 e. The van der Waals surface area contributed by atoms with Crippen molar-refractivity contribution in [3.63, 3.8) is 0 Å². The zero-order chi connectivity index (χ0) is 23.7. The van der Waals surface area contributed by atoms with Crippen molar-refractivity contribution in [3.8, 4) is 5.75 Å². The van der Waals surface area contributed by atoms with Gasteiger partial charge in [-0.15, -0.1) is 0 Å². The second kappa shape index (κ2) is 9.10. The van der Waals surface area contributed by atoms with E-state index < -0.39 is 11.5 Å².